The van der Waals surface area contributed by atoms with Crippen molar-refractivity contribution in [1.82, 2.24) is 14.1 Å². The van der Waals surface area contributed by atoms with E-state index in [4.69, 9.17) is 0 Å². The van der Waals surface area contributed by atoms with E-state index in [2.05, 4.69) is 0 Å². The number of amides is 2. The lowest BCUT2D eigenvalue weighted by atomic mass is 10.0. The molecule has 0 radical (unpaired) electrons. The maximum absolute atomic E-state index is 13.4. The molecule has 1 saturated heterocycles. The Morgan fingerprint density at radius 3 is 2.26 bits per heavy atom. The summed E-state index contributed by atoms with van der Waals surface area (Å²) in [5.74, 6) is 0.0438. The van der Waals surface area contributed by atoms with Crippen molar-refractivity contribution in [2.45, 2.75) is 59.5 Å². The van der Waals surface area contributed by atoms with E-state index in [1.165, 1.54) is 4.31 Å². The van der Waals surface area contributed by atoms with E-state index in [-0.39, 0.29) is 36.1 Å². The van der Waals surface area contributed by atoms with Gasteiger partial charge in [-0.2, -0.15) is 4.31 Å². The molecule has 0 spiro atoms. The summed E-state index contributed by atoms with van der Waals surface area (Å²) in [6.45, 7) is 9.16. The van der Waals surface area contributed by atoms with Gasteiger partial charge < -0.3 is 9.80 Å². The van der Waals surface area contributed by atoms with Crippen LogP contribution >= 0.6 is 0 Å². The Morgan fingerprint density at radius 2 is 1.74 bits per heavy atom. The number of sulfonamides is 1. The van der Waals surface area contributed by atoms with Gasteiger partial charge in [-0.15, -0.1) is 0 Å². The monoisotopic (exact) mass is 451 g/mol. The Balaban J connectivity index is 2.22. The summed E-state index contributed by atoms with van der Waals surface area (Å²) < 4.78 is 26.9. The Hall–Kier alpha value is -1.93. The first-order valence-electron chi connectivity index (χ1n) is 11.2. The molecule has 2 amide bonds. The lowest BCUT2D eigenvalue weighted by molar-refractivity contribution is -0.137. The smallest absolute Gasteiger partial charge is 0.238 e. The molecule has 0 aliphatic carbocycles. The van der Waals surface area contributed by atoms with E-state index in [1.807, 2.05) is 56.0 Å². The first-order valence-corrected chi connectivity index (χ1v) is 12.8. The molecule has 1 aromatic carbocycles. The van der Waals surface area contributed by atoms with Gasteiger partial charge in [-0.1, -0.05) is 51.1 Å². The van der Waals surface area contributed by atoms with E-state index in [0.29, 0.717) is 45.4 Å². The van der Waals surface area contributed by atoms with Crippen molar-refractivity contribution in [2.24, 2.45) is 5.92 Å². The third kappa shape index (κ3) is 7.61. The molecule has 1 aromatic rings. The molecule has 0 unspecified atom stereocenters. The number of carbonyl (C=O) groups is 2. The topological polar surface area (TPSA) is 78.0 Å². The number of hydrogen-bond acceptors (Lipinski definition) is 4. The molecule has 7 nitrogen and oxygen atoms in total. The summed E-state index contributed by atoms with van der Waals surface area (Å²) in [6.07, 6.45) is 1.91. The average molecular weight is 452 g/mol. The molecular weight excluding hydrogens is 414 g/mol. The lowest BCUT2D eigenvalue weighted by Gasteiger charge is -2.39. The van der Waals surface area contributed by atoms with Crippen LogP contribution in [0.1, 0.15) is 52.5 Å². The summed E-state index contributed by atoms with van der Waals surface area (Å²) in [7, 11) is -3.49. The average Bonchev–Trinajstić information content (AvgIpc) is 2.72. The largest absolute Gasteiger partial charge is 0.343 e. The molecule has 0 atom stereocenters. The molecule has 2 rings (SSSR count). The normalized spacial score (nSPS) is 15.5. The van der Waals surface area contributed by atoms with E-state index in [0.717, 1.165) is 5.56 Å². The minimum atomic E-state index is -3.49. The van der Waals surface area contributed by atoms with Crippen LogP contribution in [0.2, 0.25) is 0 Å². The van der Waals surface area contributed by atoms with Gasteiger partial charge in [0.1, 0.15) is 0 Å². The lowest BCUT2D eigenvalue weighted by Crippen LogP contribution is -2.51. The molecule has 174 valence electrons. The van der Waals surface area contributed by atoms with Crippen molar-refractivity contribution >= 4 is 21.8 Å². The molecule has 0 aromatic heterocycles. The first kappa shape index (κ1) is 25.3. The highest BCUT2D eigenvalue weighted by Crippen LogP contribution is 2.21. The molecule has 0 N–H and O–H groups in total. The van der Waals surface area contributed by atoms with Crippen molar-refractivity contribution in [3.63, 3.8) is 0 Å². The first-order chi connectivity index (χ1) is 14.6. The van der Waals surface area contributed by atoms with Crippen LogP contribution in [0.5, 0.6) is 0 Å². The zero-order valence-corrected chi connectivity index (χ0v) is 20.1. The zero-order chi connectivity index (χ0) is 23.0. The minimum Gasteiger partial charge on any atom is -0.343 e. The molecular formula is C23H37N3O4S. The molecule has 1 fully saturated rings. The minimum absolute atomic E-state index is 0.0157. The summed E-state index contributed by atoms with van der Waals surface area (Å²) in [5, 5.41) is 0. The van der Waals surface area contributed by atoms with Gasteiger partial charge in [-0.05, 0) is 30.7 Å². The molecule has 0 bridgehead atoms. The molecule has 0 saturated carbocycles. The van der Waals surface area contributed by atoms with Crippen molar-refractivity contribution in [3.05, 3.63) is 35.9 Å². The van der Waals surface area contributed by atoms with Gasteiger partial charge in [0, 0.05) is 39.1 Å². The van der Waals surface area contributed by atoms with Crippen LogP contribution in [0, 0.1) is 5.92 Å². The summed E-state index contributed by atoms with van der Waals surface area (Å²) >= 11 is 0. The van der Waals surface area contributed by atoms with Crippen molar-refractivity contribution in [2.75, 3.05) is 31.9 Å². The maximum Gasteiger partial charge on any atom is 0.238 e. The SMILES string of the molecule is CCCS(=O)(=O)N(CC(=O)N(Cc1ccccc1)C1CCN(C(C)=O)CC1)CC(C)C. The Morgan fingerprint density at radius 1 is 1.13 bits per heavy atom. The molecule has 1 aliphatic heterocycles. The Labute approximate surface area is 187 Å². The second kappa shape index (κ2) is 11.6. The number of likely N-dealkylation sites (tertiary alicyclic amines) is 1. The van der Waals surface area contributed by atoms with Crippen LogP contribution in [-0.2, 0) is 26.2 Å². The Kier molecular flexibility index (Phi) is 9.50. The third-order valence-electron chi connectivity index (χ3n) is 5.60. The van der Waals surface area contributed by atoms with Crippen molar-refractivity contribution in [3.8, 4) is 0 Å². The van der Waals surface area contributed by atoms with Crippen LogP contribution in [0.25, 0.3) is 0 Å². The van der Waals surface area contributed by atoms with Crippen LogP contribution < -0.4 is 0 Å². The van der Waals surface area contributed by atoms with Gasteiger partial charge in [0.2, 0.25) is 21.8 Å². The molecule has 1 aliphatic rings. The van der Waals surface area contributed by atoms with Gasteiger partial charge in [0.05, 0.1) is 12.3 Å². The maximum atomic E-state index is 13.4. The fraction of sp³-hybridized carbons (Fsp3) is 0.652. The quantitative estimate of drug-likeness (QED) is 0.548. The van der Waals surface area contributed by atoms with Crippen LogP contribution in [0.4, 0.5) is 0 Å². The fourth-order valence-corrected chi connectivity index (χ4v) is 5.61. The number of hydrogen-bond donors (Lipinski definition) is 0. The van der Waals surface area contributed by atoms with Crippen LogP contribution in [0.3, 0.4) is 0 Å². The Bertz CT molecular complexity index is 818. The highest BCUT2D eigenvalue weighted by molar-refractivity contribution is 7.89. The second-order valence-electron chi connectivity index (χ2n) is 8.75. The van der Waals surface area contributed by atoms with Gasteiger partial charge in [-0.25, -0.2) is 8.42 Å². The highest BCUT2D eigenvalue weighted by atomic mass is 32.2. The van der Waals surface area contributed by atoms with Crippen molar-refractivity contribution < 1.29 is 18.0 Å². The van der Waals surface area contributed by atoms with E-state index in [9.17, 15) is 18.0 Å². The van der Waals surface area contributed by atoms with Crippen molar-refractivity contribution in [1.29, 1.82) is 0 Å². The van der Waals surface area contributed by atoms with E-state index < -0.39 is 10.0 Å². The predicted molar refractivity (Wildman–Crippen MR) is 123 cm³/mol. The van der Waals surface area contributed by atoms with E-state index >= 15 is 0 Å². The zero-order valence-electron chi connectivity index (χ0n) is 19.3. The second-order valence-corrected chi connectivity index (χ2v) is 10.8. The fourth-order valence-electron chi connectivity index (χ4n) is 4.01. The third-order valence-corrected chi connectivity index (χ3v) is 7.59. The standard InChI is InChI=1S/C23H37N3O4S/c1-5-15-31(29,30)25(16-19(2)3)18-23(28)26(17-21-9-7-6-8-10-21)22-11-13-24(14-12-22)20(4)27/h6-10,19,22H,5,11-18H2,1-4H3. The summed E-state index contributed by atoms with van der Waals surface area (Å²) in [6, 6.07) is 9.75. The molecule has 31 heavy (non-hydrogen) atoms. The highest BCUT2D eigenvalue weighted by Gasteiger charge is 2.32. The number of rotatable bonds is 10. The number of carbonyl (C=O) groups excluding carboxylic acids is 2. The van der Waals surface area contributed by atoms with Gasteiger partial charge in [0.15, 0.2) is 0 Å². The van der Waals surface area contributed by atoms with Gasteiger partial charge >= 0.3 is 0 Å². The predicted octanol–water partition coefficient (Wildman–Crippen LogP) is 2.72. The molecule has 1 heterocycles. The summed E-state index contributed by atoms with van der Waals surface area (Å²) in [4.78, 5) is 28.8. The number of benzene rings is 1. The molecule has 8 heteroatoms. The van der Waals surface area contributed by atoms with Gasteiger partial charge in [0.25, 0.3) is 0 Å². The van der Waals surface area contributed by atoms with Crippen LogP contribution in [-0.4, -0.2) is 72.3 Å². The van der Waals surface area contributed by atoms with Gasteiger partial charge in [-0.3, -0.25) is 9.59 Å². The van der Waals surface area contributed by atoms with E-state index in [1.54, 1.807) is 11.8 Å². The number of nitrogens with zero attached hydrogens (tertiary/aromatic N) is 3. The summed E-state index contributed by atoms with van der Waals surface area (Å²) in [5.41, 5.74) is 1.01. The number of piperidine rings is 1. The van der Waals surface area contributed by atoms with Crippen LogP contribution in [0.15, 0.2) is 30.3 Å².